The van der Waals surface area contributed by atoms with Crippen LogP contribution in [0.4, 0.5) is 15.9 Å². The largest absolute Gasteiger partial charge is 0.493 e. The van der Waals surface area contributed by atoms with Gasteiger partial charge in [0.15, 0.2) is 17.3 Å². The Morgan fingerprint density at radius 2 is 1.53 bits per heavy atom. The molecule has 4 rings (SSSR count). The van der Waals surface area contributed by atoms with Crippen LogP contribution >= 0.6 is 0 Å². The maximum atomic E-state index is 13.7. The van der Waals surface area contributed by atoms with Crippen LogP contribution in [0, 0.1) is 5.82 Å². The standard InChI is InChI=1S/C23H20FN3O3/c1-28-19-11-14(12-20(29-2)21(19)30-3)22-26-18-10-5-4-9-17(18)23(27-22)25-16-8-6-7-15(24)13-16/h4-13H,1-3H3,(H,25,26,27). The van der Waals surface area contributed by atoms with Gasteiger partial charge in [-0.05, 0) is 42.5 Å². The molecule has 7 heteroatoms. The highest BCUT2D eigenvalue weighted by molar-refractivity contribution is 5.92. The van der Waals surface area contributed by atoms with Crippen molar-refractivity contribution < 1.29 is 18.6 Å². The third-order valence-electron chi connectivity index (χ3n) is 4.61. The zero-order chi connectivity index (χ0) is 21.1. The molecule has 0 aliphatic rings. The van der Waals surface area contributed by atoms with Gasteiger partial charge in [0, 0.05) is 16.6 Å². The number of hydrogen-bond acceptors (Lipinski definition) is 6. The minimum atomic E-state index is -0.330. The van der Waals surface area contributed by atoms with Crippen molar-refractivity contribution >= 4 is 22.4 Å². The number of fused-ring (bicyclic) bond motifs is 1. The van der Waals surface area contributed by atoms with Crippen molar-refractivity contribution in [3.05, 3.63) is 66.5 Å². The predicted molar refractivity (Wildman–Crippen MR) is 114 cm³/mol. The van der Waals surface area contributed by atoms with Crippen LogP contribution in [-0.4, -0.2) is 31.3 Å². The molecule has 1 aromatic heterocycles. The van der Waals surface area contributed by atoms with Gasteiger partial charge in [-0.2, -0.15) is 0 Å². The first-order valence-corrected chi connectivity index (χ1v) is 9.22. The van der Waals surface area contributed by atoms with E-state index in [1.807, 2.05) is 24.3 Å². The summed E-state index contributed by atoms with van der Waals surface area (Å²) in [6, 6.07) is 17.4. The van der Waals surface area contributed by atoms with Crippen LogP contribution < -0.4 is 19.5 Å². The summed E-state index contributed by atoms with van der Waals surface area (Å²) in [5.74, 6) is 2.19. The van der Waals surface area contributed by atoms with E-state index in [-0.39, 0.29) is 5.82 Å². The number of halogens is 1. The minimum absolute atomic E-state index is 0.330. The molecule has 0 aliphatic heterocycles. The van der Waals surface area contributed by atoms with Crippen LogP contribution in [-0.2, 0) is 0 Å². The average molecular weight is 405 g/mol. The Balaban J connectivity index is 1.88. The summed E-state index contributed by atoms with van der Waals surface area (Å²) in [5.41, 5.74) is 2.03. The monoisotopic (exact) mass is 405 g/mol. The number of ether oxygens (including phenoxy) is 3. The molecule has 3 aromatic carbocycles. The molecule has 0 unspecified atom stereocenters. The third-order valence-corrected chi connectivity index (χ3v) is 4.61. The van der Waals surface area contributed by atoms with Crippen molar-refractivity contribution in [3.63, 3.8) is 0 Å². The fourth-order valence-electron chi connectivity index (χ4n) is 3.21. The van der Waals surface area contributed by atoms with Crippen molar-refractivity contribution in [2.24, 2.45) is 0 Å². The summed E-state index contributed by atoms with van der Waals surface area (Å²) < 4.78 is 29.9. The van der Waals surface area contributed by atoms with Crippen molar-refractivity contribution in [1.82, 2.24) is 9.97 Å². The van der Waals surface area contributed by atoms with E-state index in [1.54, 1.807) is 45.6 Å². The third kappa shape index (κ3) is 3.69. The zero-order valence-corrected chi connectivity index (χ0v) is 16.8. The van der Waals surface area contributed by atoms with E-state index in [0.29, 0.717) is 40.1 Å². The smallest absolute Gasteiger partial charge is 0.203 e. The molecule has 1 heterocycles. The highest BCUT2D eigenvalue weighted by atomic mass is 19.1. The Morgan fingerprint density at radius 1 is 0.800 bits per heavy atom. The van der Waals surface area contributed by atoms with Gasteiger partial charge >= 0.3 is 0 Å². The molecular weight excluding hydrogens is 385 g/mol. The van der Waals surface area contributed by atoms with Gasteiger partial charge in [0.2, 0.25) is 5.75 Å². The van der Waals surface area contributed by atoms with Crippen LogP contribution in [0.5, 0.6) is 17.2 Å². The number of nitrogens with zero attached hydrogens (tertiary/aromatic N) is 2. The van der Waals surface area contributed by atoms with Crippen molar-refractivity contribution in [2.45, 2.75) is 0 Å². The lowest BCUT2D eigenvalue weighted by Crippen LogP contribution is -2.01. The van der Waals surface area contributed by atoms with Gasteiger partial charge in [0.05, 0.1) is 26.8 Å². The number of methoxy groups -OCH3 is 3. The Labute approximate surface area is 173 Å². The van der Waals surface area contributed by atoms with Crippen LogP contribution in [0.15, 0.2) is 60.7 Å². The Bertz CT molecular complexity index is 1190. The number of hydrogen-bond donors (Lipinski definition) is 1. The van der Waals surface area contributed by atoms with Crippen molar-refractivity contribution in [2.75, 3.05) is 26.6 Å². The number of nitrogens with one attached hydrogen (secondary N) is 1. The van der Waals surface area contributed by atoms with Gasteiger partial charge in [-0.15, -0.1) is 0 Å². The second-order valence-electron chi connectivity index (χ2n) is 6.46. The Hall–Kier alpha value is -3.87. The van der Waals surface area contributed by atoms with Gasteiger partial charge in [0.1, 0.15) is 11.6 Å². The molecular formula is C23H20FN3O3. The fraction of sp³-hybridized carbons (Fsp3) is 0.130. The Morgan fingerprint density at radius 3 is 2.20 bits per heavy atom. The van der Waals surface area contributed by atoms with Crippen molar-refractivity contribution in [3.8, 4) is 28.6 Å². The molecule has 0 fully saturated rings. The minimum Gasteiger partial charge on any atom is -0.493 e. The number of anilines is 2. The summed E-state index contributed by atoms with van der Waals surface area (Å²) in [6.45, 7) is 0. The molecule has 6 nitrogen and oxygen atoms in total. The van der Waals surface area contributed by atoms with E-state index in [0.717, 1.165) is 10.9 Å². The normalized spacial score (nSPS) is 10.7. The molecule has 0 spiro atoms. The zero-order valence-electron chi connectivity index (χ0n) is 16.8. The SMILES string of the molecule is COc1cc(-c2nc(Nc3cccc(F)c3)c3ccccc3n2)cc(OC)c1OC. The number of aromatic nitrogens is 2. The molecule has 0 saturated carbocycles. The molecule has 4 aromatic rings. The predicted octanol–water partition coefficient (Wildman–Crippen LogP) is 5.21. The topological polar surface area (TPSA) is 65.5 Å². The van der Waals surface area contributed by atoms with Crippen LogP contribution in [0.3, 0.4) is 0 Å². The highest BCUT2D eigenvalue weighted by Crippen LogP contribution is 2.41. The fourth-order valence-corrected chi connectivity index (χ4v) is 3.21. The second kappa shape index (κ2) is 8.24. The van der Waals surface area contributed by atoms with Gasteiger partial charge in [-0.1, -0.05) is 18.2 Å². The number of rotatable bonds is 6. The van der Waals surface area contributed by atoms with Gasteiger partial charge in [-0.3, -0.25) is 0 Å². The van der Waals surface area contributed by atoms with Crippen LogP contribution in [0.1, 0.15) is 0 Å². The lowest BCUT2D eigenvalue weighted by molar-refractivity contribution is 0.324. The molecule has 0 atom stereocenters. The summed E-state index contributed by atoms with van der Waals surface area (Å²) in [5, 5.41) is 4.02. The first-order valence-electron chi connectivity index (χ1n) is 9.22. The lowest BCUT2D eigenvalue weighted by Gasteiger charge is -2.15. The maximum absolute atomic E-state index is 13.7. The van der Waals surface area contributed by atoms with Crippen LogP contribution in [0.25, 0.3) is 22.3 Å². The molecule has 1 N–H and O–H groups in total. The average Bonchev–Trinajstić information content (AvgIpc) is 2.78. The summed E-state index contributed by atoms with van der Waals surface area (Å²) >= 11 is 0. The van der Waals surface area contributed by atoms with E-state index < -0.39 is 0 Å². The van der Waals surface area contributed by atoms with Gasteiger partial charge in [-0.25, -0.2) is 14.4 Å². The number of benzene rings is 3. The molecule has 30 heavy (non-hydrogen) atoms. The summed E-state index contributed by atoms with van der Waals surface area (Å²) in [6.07, 6.45) is 0. The molecule has 0 aliphatic carbocycles. The van der Waals surface area contributed by atoms with E-state index in [9.17, 15) is 4.39 Å². The summed E-state index contributed by atoms with van der Waals surface area (Å²) in [7, 11) is 4.66. The van der Waals surface area contributed by atoms with E-state index in [4.69, 9.17) is 24.2 Å². The van der Waals surface area contributed by atoms with E-state index in [1.165, 1.54) is 12.1 Å². The molecule has 0 bridgehead atoms. The van der Waals surface area contributed by atoms with Crippen LogP contribution in [0.2, 0.25) is 0 Å². The lowest BCUT2D eigenvalue weighted by atomic mass is 10.1. The molecule has 152 valence electrons. The van der Waals surface area contributed by atoms with E-state index in [2.05, 4.69) is 5.32 Å². The van der Waals surface area contributed by atoms with Gasteiger partial charge in [0.25, 0.3) is 0 Å². The Kier molecular flexibility index (Phi) is 5.34. The van der Waals surface area contributed by atoms with Gasteiger partial charge < -0.3 is 19.5 Å². The highest BCUT2D eigenvalue weighted by Gasteiger charge is 2.17. The molecule has 0 saturated heterocycles. The summed E-state index contributed by atoms with van der Waals surface area (Å²) in [4.78, 5) is 9.40. The molecule has 0 radical (unpaired) electrons. The van der Waals surface area contributed by atoms with Crippen molar-refractivity contribution in [1.29, 1.82) is 0 Å². The number of para-hydroxylation sites is 1. The van der Waals surface area contributed by atoms with E-state index >= 15 is 0 Å². The second-order valence-corrected chi connectivity index (χ2v) is 6.46. The first-order chi connectivity index (χ1) is 14.6. The maximum Gasteiger partial charge on any atom is 0.203 e. The molecule has 0 amide bonds. The quantitative estimate of drug-likeness (QED) is 0.475. The first kappa shape index (κ1) is 19.4.